The van der Waals surface area contributed by atoms with E-state index in [1.165, 1.54) is 0 Å². The molecular formula is C13H24N2O2. The number of nitrogens with one attached hydrogen (secondary N) is 1. The number of carbonyl (C=O) groups is 1. The van der Waals surface area contributed by atoms with Gasteiger partial charge in [-0.2, -0.15) is 0 Å². The van der Waals surface area contributed by atoms with Crippen molar-refractivity contribution < 1.29 is 9.53 Å². The number of amides is 1. The second-order valence-corrected chi connectivity index (χ2v) is 5.44. The van der Waals surface area contributed by atoms with E-state index in [0.717, 1.165) is 52.1 Å². The lowest BCUT2D eigenvalue weighted by molar-refractivity contribution is -0.137. The van der Waals surface area contributed by atoms with Crippen LogP contribution in [0.25, 0.3) is 0 Å². The van der Waals surface area contributed by atoms with Gasteiger partial charge in [-0.3, -0.25) is 4.79 Å². The molecule has 2 aliphatic heterocycles. The Morgan fingerprint density at radius 1 is 1.59 bits per heavy atom. The van der Waals surface area contributed by atoms with Crippen LogP contribution in [0, 0.1) is 5.92 Å². The predicted octanol–water partition coefficient (Wildman–Crippen LogP) is 1.01. The largest absolute Gasteiger partial charge is 0.381 e. The number of rotatable bonds is 4. The third-order valence-corrected chi connectivity index (χ3v) is 4.01. The summed E-state index contributed by atoms with van der Waals surface area (Å²) in [6.07, 6.45) is 3.16. The van der Waals surface area contributed by atoms with Crippen LogP contribution in [0.15, 0.2) is 0 Å². The van der Waals surface area contributed by atoms with Gasteiger partial charge in [0.1, 0.15) is 0 Å². The average Bonchev–Trinajstić information content (AvgIpc) is 2.97. The normalized spacial score (nSPS) is 32.9. The number of nitrogens with zero attached hydrogens (tertiary/aromatic N) is 1. The van der Waals surface area contributed by atoms with Gasteiger partial charge in [-0.05, 0) is 39.7 Å². The summed E-state index contributed by atoms with van der Waals surface area (Å²) in [5.74, 6) is 0.799. The Hall–Kier alpha value is -0.610. The summed E-state index contributed by atoms with van der Waals surface area (Å²) < 4.78 is 5.38. The van der Waals surface area contributed by atoms with Crippen molar-refractivity contribution in [2.75, 3.05) is 32.8 Å². The summed E-state index contributed by atoms with van der Waals surface area (Å²) in [7, 11) is 0. The van der Waals surface area contributed by atoms with Crippen molar-refractivity contribution in [3.63, 3.8) is 0 Å². The van der Waals surface area contributed by atoms with Gasteiger partial charge in [0, 0.05) is 25.6 Å². The Balaban J connectivity index is 1.94. The molecule has 0 saturated carbocycles. The monoisotopic (exact) mass is 240 g/mol. The first-order valence-corrected chi connectivity index (χ1v) is 6.78. The predicted molar refractivity (Wildman–Crippen MR) is 66.8 cm³/mol. The number of likely N-dealkylation sites (N-methyl/N-ethyl adjacent to an activating group) is 1. The van der Waals surface area contributed by atoms with Crippen molar-refractivity contribution in [2.45, 2.75) is 38.6 Å². The maximum atomic E-state index is 12.5. The second-order valence-electron chi connectivity index (χ2n) is 5.44. The molecule has 2 saturated heterocycles. The van der Waals surface area contributed by atoms with Crippen molar-refractivity contribution in [1.82, 2.24) is 10.2 Å². The zero-order valence-corrected chi connectivity index (χ0v) is 11.0. The van der Waals surface area contributed by atoms with Crippen LogP contribution in [-0.2, 0) is 9.53 Å². The van der Waals surface area contributed by atoms with Crippen LogP contribution in [0.4, 0.5) is 0 Å². The Morgan fingerprint density at radius 2 is 2.41 bits per heavy atom. The van der Waals surface area contributed by atoms with Gasteiger partial charge in [0.15, 0.2) is 0 Å². The Bertz CT molecular complexity index is 269. The van der Waals surface area contributed by atoms with E-state index < -0.39 is 0 Å². The smallest absolute Gasteiger partial charge is 0.242 e. The molecule has 4 nitrogen and oxygen atoms in total. The van der Waals surface area contributed by atoms with E-state index in [9.17, 15) is 4.79 Å². The lowest BCUT2D eigenvalue weighted by Gasteiger charge is -2.32. The van der Waals surface area contributed by atoms with Gasteiger partial charge in [0.05, 0.1) is 12.1 Å². The first-order chi connectivity index (χ1) is 8.15. The van der Waals surface area contributed by atoms with Crippen LogP contribution in [0.3, 0.4) is 0 Å². The van der Waals surface area contributed by atoms with E-state index >= 15 is 0 Å². The summed E-state index contributed by atoms with van der Waals surface area (Å²) >= 11 is 0. The molecule has 2 fully saturated rings. The lowest BCUT2D eigenvalue weighted by Crippen LogP contribution is -2.53. The highest BCUT2D eigenvalue weighted by Gasteiger charge is 2.39. The fourth-order valence-electron chi connectivity index (χ4n) is 2.82. The quantitative estimate of drug-likeness (QED) is 0.797. The molecule has 0 radical (unpaired) electrons. The zero-order valence-electron chi connectivity index (χ0n) is 11.0. The van der Waals surface area contributed by atoms with Crippen LogP contribution >= 0.6 is 0 Å². The molecule has 98 valence electrons. The fraction of sp³-hybridized carbons (Fsp3) is 0.923. The minimum absolute atomic E-state index is 0.268. The molecule has 0 aromatic heterocycles. The molecule has 1 amide bonds. The van der Waals surface area contributed by atoms with E-state index in [-0.39, 0.29) is 11.4 Å². The maximum Gasteiger partial charge on any atom is 0.242 e. The summed E-state index contributed by atoms with van der Waals surface area (Å²) in [6, 6.07) is 0. The minimum Gasteiger partial charge on any atom is -0.381 e. The molecule has 0 aromatic rings. The number of hydrogen-bond acceptors (Lipinski definition) is 3. The summed E-state index contributed by atoms with van der Waals surface area (Å²) in [5.41, 5.74) is -0.324. The number of hydrogen-bond donors (Lipinski definition) is 1. The van der Waals surface area contributed by atoms with E-state index in [4.69, 9.17) is 4.74 Å². The molecular weight excluding hydrogens is 216 g/mol. The van der Waals surface area contributed by atoms with Gasteiger partial charge >= 0.3 is 0 Å². The first kappa shape index (κ1) is 12.8. The van der Waals surface area contributed by atoms with Gasteiger partial charge in [-0.1, -0.05) is 0 Å². The van der Waals surface area contributed by atoms with E-state index in [2.05, 4.69) is 12.2 Å². The highest BCUT2D eigenvalue weighted by Crippen LogP contribution is 2.23. The minimum atomic E-state index is -0.324. The summed E-state index contributed by atoms with van der Waals surface area (Å²) in [4.78, 5) is 14.5. The van der Waals surface area contributed by atoms with E-state index in [1.54, 1.807) is 0 Å². The molecule has 2 heterocycles. The molecule has 17 heavy (non-hydrogen) atoms. The third kappa shape index (κ3) is 2.80. The van der Waals surface area contributed by atoms with Crippen LogP contribution in [0.2, 0.25) is 0 Å². The highest BCUT2D eigenvalue weighted by atomic mass is 16.5. The molecule has 2 unspecified atom stereocenters. The Kier molecular flexibility index (Phi) is 4.05. The summed E-state index contributed by atoms with van der Waals surface area (Å²) in [5, 5.41) is 3.35. The topological polar surface area (TPSA) is 41.6 Å². The van der Waals surface area contributed by atoms with Crippen molar-refractivity contribution in [2.24, 2.45) is 5.92 Å². The van der Waals surface area contributed by atoms with Crippen molar-refractivity contribution in [1.29, 1.82) is 0 Å². The van der Waals surface area contributed by atoms with E-state index in [1.807, 2.05) is 11.8 Å². The number of ether oxygens (including phenoxy) is 1. The molecule has 0 spiro atoms. The molecule has 0 aliphatic carbocycles. The van der Waals surface area contributed by atoms with Gasteiger partial charge in [-0.15, -0.1) is 0 Å². The molecule has 4 heteroatoms. The molecule has 2 aliphatic rings. The molecule has 2 atom stereocenters. The third-order valence-electron chi connectivity index (χ3n) is 4.01. The molecule has 0 aromatic carbocycles. The Morgan fingerprint density at radius 3 is 2.94 bits per heavy atom. The summed E-state index contributed by atoms with van der Waals surface area (Å²) in [6.45, 7) is 8.38. The fourth-order valence-corrected chi connectivity index (χ4v) is 2.82. The van der Waals surface area contributed by atoms with Crippen LogP contribution in [0.5, 0.6) is 0 Å². The lowest BCUT2D eigenvalue weighted by atomic mass is 9.97. The van der Waals surface area contributed by atoms with Gasteiger partial charge in [-0.25, -0.2) is 0 Å². The Labute approximate surface area is 104 Å². The van der Waals surface area contributed by atoms with Gasteiger partial charge in [0.2, 0.25) is 5.91 Å². The maximum absolute atomic E-state index is 12.5. The van der Waals surface area contributed by atoms with E-state index in [0.29, 0.717) is 5.92 Å². The molecule has 0 bridgehead atoms. The second kappa shape index (κ2) is 5.36. The van der Waals surface area contributed by atoms with Crippen LogP contribution in [0.1, 0.15) is 33.1 Å². The molecule has 1 N–H and O–H groups in total. The molecule has 2 rings (SSSR count). The zero-order chi connectivity index (χ0) is 12.3. The van der Waals surface area contributed by atoms with Crippen molar-refractivity contribution in [3.05, 3.63) is 0 Å². The van der Waals surface area contributed by atoms with Crippen molar-refractivity contribution in [3.8, 4) is 0 Å². The van der Waals surface area contributed by atoms with Crippen molar-refractivity contribution >= 4 is 5.91 Å². The van der Waals surface area contributed by atoms with Crippen LogP contribution < -0.4 is 5.32 Å². The van der Waals surface area contributed by atoms with Gasteiger partial charge < -0.3 is 15.0 Å². The van der Waals surface area contributed by atoms with Crippen LogP contribution in [-0.4, -0.2) is 49.2 Å². The average molecular weight is 240 g/mol. The number of carbonyl (C=O) groups excluding carboxylic acids is 1. The SMILES string of the molecule is CCN(CC1CCOC1)C(=O)C1(C)CCCN1. The standard InChI is InChI=1S/C13H24N2O2/c1-3-15(9-11-5-8-17-10-11)12(16)13(2)6-4-7-14-13/h11,14H,3-10H2,1-2H3. The highest BCUT2D eigenvalue weighted by molar-refractivity contribution is 5.86. The first-order valence-electron chi connectivity index (χ1n) is 6.78. The van der Waals surface area contributed by atoms with Gasteiger partial charge in [0.25, 0.3) is 0 Å².